The van der Waals surface area contributed by atoms with Crippen LogP contribution in [0.15, 0.2) is 76.9 Å². The summed E-state index contributed by atoms with van der Waals surface area (Å²) in [7, 11) is 0. The molecule has 0 saturated carbocycles. The number of aromatic nitrogens is 5. The highest BCUT2D eigenvalue weighted by Gasteiger charge is 2.44. The Morgan fingerprint density at radius 1 is 0.962 bits per heavy atom. The molecule has 8 heterocycles. The molecule has 17 nitrogen and oxygen atoms in total. The molecule has 4 N–H and O–H groups in total. The molecule has 0 radical (unpaired) electrons. The lowest BCUT2D eigenvalue weighted by molar-refractivity contribution is -0.141. The average molecular weight is 1080 g/mol. The predicted octanol–water partition coefficient (Wildman–Crippen LogP) is 8.75. The highest BCUT2D eigenvalue weighted by Crippen LogP contribution is 2.40. The van der Waals surface area contributed by atoms with E-state index in [1.807, 2.05) is 75.7 Å². The second-order valence-corrected chi connectivity index (χ2v) is 22.8. The van der Waals surface area contributed by atoms with Gasteiger partial charge in [-0.05, 0) is 122 Å². The lowest BCUT2D eigenvalue weighted by Crippen LogP contribution is -2.51. The van der Waals surface area contributed by atoms with Gasteiger partial charge in [0.15, 0.2) is 11.6 Å². The molecule has 3 aromatic carbocycles. The molecule has 6 atom stereocenters. The Kier molecular flexibility index (Phi) is 15.6. The lowest BCUT2D eigenvalue weighted by atomic mass is 9.91. The number of nitrogens with one attached hydrogen (secondary N) is 2. The smallest absolute Gasteiger partial charge is 0.319 e. The standard InChI is InChI=1S/C59H69FN10O7S/c1-6-37-8-7-9-40-24-43(71)25-45(51(37)40)53-52(60)54-46(28-61-53)56(69-29-41-14-15-42(30-69)64-41)66-59(65-54)76-23-21-68-19-16-36(17-20-68)18-22-75-49-27-48(77-67-49)50(33(2)3)58(74)70-31-44(72)26-47(70)57(73)63-34(4)38-10-12-39(13-11-38)55-35(5)62-32-78-55/h7-13,24-25,27-28,32-34,36,41-42,44,47,50,64,71-72H,6,14-23,26,29-31H2,1-5H3,(H,63,73)/t34-,41?,42?,44+,47-,50+/m0/s1. The maximum absolute atomic E-state index is 17.1. The van der Waals surface area contributed by atoms with Crippen molar-refractivity contribution in [3.05, 3.63) is 101 Å². The zero-order valence-electron chi connectivity index (χ0n) is 45.0. The molecule has 4 aliphatic rings. The number of nitrogens with zero attached hydrogens (tertiary/aromatic N) is 8. The van der Waals surface area contributed by atoms with E-state index in [-0.39, 0.29) is 59.7 Å². The van der Waals surface area contributed by atoms with Gasteiger partial charge in [-0.15, -0.1) is 11.3 Å². The normalized spacial score (nSPS) is 20.7. The Bertz CT molecular complexity index is 3280. The number of aliphatic hydroxyl groups excluding tert-OH is 1. The van der Waals surface area contributed by atoms with E-state index in [2.05, 4.69) is 37.5 Å². The molecule has 2 amide bonds. The highest BCUT2D eigenvalue weighted by atomic mass is 32.1. The SMILES string of the molecule is CCc1cccc2cc(O)cc(-c3ncc4c(N5CC6CCC(C5)N6)nc(OCCN5CCC(CCOc6cc([C@H](C(=O)N7C[C@H](O)C[C@H]7C(=O)N[C@@H](C)c7ccc(-c8scnc8C)cc7)C(C)C)on6)CC5)nc4c3F)c12. The summed E-state index contributed by atoms with van der Waals surface area (Å²) in [5.41, 5.74) is 6.60. The Morgan fingerprint density at radius 3 is 2.47 bits per heavy atom. The third-order valence-electron chi connectivity index (χ3n) is 16.4. The Morgan fingerprint density at radius 2 is 1.74 bits per heavy atom. The van der Waals surface area contributed by atoms with Crippen LogP contribution >= 0.6 is 11.3 Å². The summed E-state index contributed by atoms with van der Waals surface area (Å²) in [4.78, 5) is 53.9. The third-order valence-corrected chi connectivity index (χ3v) is 17.3. The van der Waals surface area contributed by atoms with Gasteiger partial charge in [-0.25, -0.2) is 9.37 Å². The van der Waals surface area contributed by atoms with Gasteiger partial charge in [0.2, 0.25) is 11.8 Å². The van der Waals surface area contributed by atoms with Crippen molar-refractivity contribution < 1.29 is 38.2 Å². The van der Waals surface area contributed by atoms with Crippen LogP contribution in [-0.4, -0.2) is 134 Å². The number of likely N-dealkylation sites (tertiary alicyclic amines) is 2. The van der Waals surface area contributed by atoms with Gasteiger partial charge in [0.05, 0.1) is 40.2 Å². The number of halogens is 1. The quantitative estimate of drug-likeness (QED) is 0.0634. The van der Waals surface area contributed by atoms with Crippen molar-refractivity contribution in [2.75, 3.05) is 57.4 Å². The number of phenolic OH excluding ortho intramolecular Hbond substituents is 1. The van der Waals surface area contributed by atoms with E-state index in [4.69, 9.17) is 28.9 Å². The molecule has 0 spiro atoms. The van der Waals surface area contributed by atoms with Gasteiger partial charge in [-0.3, -0.25) is 19.5 Å². The number of phenols is 1. The number of aromatic hydroxyl groups is 1. The molecule has 410 valence electrons. The number of rotatable bonds is 18. The number of piperidine rings is 1. The van der Waals surface area contributed by atoms with Gasteiger partial charge >= 0.3 is 6.01 Å². The summed E-state index contributed by atoms with van der Waals surface area (Å²) in [5, 5.41) is 34.6. The zero-order chi connectivity index (χ0) is 54.2. The van der Waals surface area contributed by atoms with E-state index in [1.54, 1.807) is 35.7 Å². The van der Waals surface area contributed by atoms with Crippen molar-refractivity contribution >= 4 is 50.6 Å². The van der Waals surface area contributed by atoms with Gasteiger partial charge in [-0.1, -0.05) is 63.2 Å². The summed E-state index contributed by atoms with van der Waals surface area (Å²) in [6, 6.07) is 18.5. The van der Waals surface area contributed by atoms with E-state index in [1.165, 1.54) is 4.90 Å². The number of benzene rings is 3. The number of β-amino-alcohol motifs (C(OH)–C–C–N with tert-alkyl or cyclic N) is 1. The number of anilines is 1. The number of hydrogen-bond donors (Lipinski definition) is 4. The molecular weight excluding hydrogens is 1010 g/mol. The number of hydrogen-bond acceptors (Lipinski definition) is 16. The first-order valence-electron chi connectivity index (χ1n) is 27.6. The highest BCUT2D eigenvalue weighted by molar-refractivity contribution is 7.13. The first-order valence-corrected chi connectivity index (χ1v) is 28.5. The van der Waals surface area contributed by atoms with E-state index in [9.17, 15) is 19.8 Å². The first kappa shape index (κ1) is 53.2. The van der Waals surface area contributed by atoms with Crippen LogP contribution in [0.1, 0.15) is 101 Å². The van der Waals surface area contributed by atoms with Crippen LogP contribution in [0.25, 0.3) is 43.4 Å². The second-order valence-electron chi connectivity index (χ2n) is 22.0. The molecule has 19 heteroatoms. The van der Waals surface area contributed by atoms with Gasteiger partial charge in [0.1, 0.15) is 41.3 Å². The fourth-order valence-electron chi connectivity index (χ4n) is 12.2. The summed E-state index contributed by atoms with van der Waals surface area (Å²) in [6.07, 6.45) is 6.61. The van der Waals surface area contributed by atoms with E-state index in [0.29, 0.717) is 66.2 Å². The van der Waals surface area contributed by atoms with Gasteiger partial charge < -0.3 is 44.6 Å². The van der Waals surface area contributed by atoms with Crippen LogP contribution < -0.4 is 25.0 Å². The molecule has 4 fully saturated rings. The number of fused-ring (bicyclic) bond motifs is 4. The Labute approximate surface area is 457 Å². The molecule has 7 aromatic rings. The fraction of sp³-hybridized carbons (Fsp3) is 0.475. The fourth-order valence-corrected chi connectivity index (χ4v) is 13.0. The zero-order valence-corrected chi connectivity index (χ0v) is 45.8. The minimum absolute atomic E-state index is 0.0349. The van der Waals surface area contributed by atoms with Crippen molar-refractivity contribution in [1.82, 2.24) is 45.5 Å². The van der Waals surface area contributed by atoms with Crippen molar-refractivity contribution in [3.8, 4) is 39.3 Å². The molecular formula is C59H69FN10O7S. The number of aryl methyl sites for hydroxylation is 2. The Balaban J connectivity index is 0.682. The number of ether oxygens (including phenoxy) is 2. The van der Waals surface area contributed by atoms with Crippen molar-refractivity contribution in [2.45, 2.75) is 116 Å². The lowest BCUT2D eigenvalue weighted by Gasteiger charge is -2.34. The molecule has 0 aliphatic carbocycles. The minimum atomic E-state index is -0.843. The molecule has 11 rings (SSSR count). The number of aliphatic hydroxyl groups is 1. The number of carbonyl (C=O) groups is 2. The van der Waals surface area contributed by atoms with Crippen LogP contribution in [0, 0.1) is 24.6 Å². The first-order chi connectivity index (χ1) is 37.8. The molecule has 2 bridgehead atoms. The van der Waals surface area contributed by atoms with E-state index >= 15 is 4.39 Å². The third kappa shape index (κ3) is 11.1. The van der Waals surface area contributed by atoms with E-state index in [0.717, 1.165) is 103 Å². The maximum Gasteiger partial charge on any atom is 0.319 e. The Hall–Kier alpha value is -6.80. The monoisotopic (exact) mass is 1080 g/mol. The molecule has 4 saturated heterocycles. The number of amides is 2. The van der Waals surface area contributed by atoms with Crippen LogP contribution in [0.4, 0.5) is 10.2 Å². The van der Waals surface area contributed by atoms with Crippen molar-refractivity contribution in [1.29, 1.82) is 0 Å². The minimum Gasteiger partial charge on any atom is -0.508 e. The number of pyridine rings is 1. The topological polar surface area (TPSA) is 204 Å². The maximum atomic E-state index is 17.1. The summed E-state index contributed by atoms with van der Waals surface area (Å²) >= 11 is 1.59. The number of thiazole rings is 1. The van der Waals surface area contributed by atoms with Crippen molar-refractivity contribution in [2.24, 2.45) is 11.8 Å². The summed E-state index contributed by atoms with van der Waals surface area (Å²) in [5.74, 6) is -0.403. The van der Waals surface area contributed by atoms with Crippen LogP contribution in [0.3, 0.4) is 0 Å². The summed E-state index contributed by atoms with van der Waals surface area (Å²) in [6.45, 7) is 14.5. The summed E-state index contributed by atoms with van der Waals surface area (Å²) < 4.78 is 35.3. The van der Waals surface area contributed by atoms with Gasteiger partial charge in [0.25, 0.3) is 5.88 Å². The molecule has 4 aliphatic heterocycles. The average Bonchev–Trinajstić information content (AvgIpc) is 4.26. The molecule has 78 heavy (non-hydrogen) atoms. The van der Waals surface area contributed by atoms with Crippen LogP contribution in [0.2, 0.25) is 0 Å². The van der Waals surface area contributed by atoms with E-state index < -0.39 is 23.9 Å². The number of carbonyl (C=O) groups excluding carboxylic acids is 2. The van der Waals surface area contributed by atoms with Crippen LogP contribution in [0.5, 0.6) is 17.6 Å². The number of piperazine rings is 1. The molecule has 4 aromatic heterocycles. The van der Waals surface area contributed by atoms with Crippen molar-refractivity contribution in [3.63, 3.8) is 0 Å². The predicted molar refractivity (Wildman–Crippen MR) is 297 cm³/mol. The molecule has 2 unspecified atom stereocenters. The second kappa shape index (κ2) is 22.9. The van der Waals surface area contributed by atoms with Crippen LogP contribution in [-0.2, 0) is 16.0 Å². The van der Waals surface area contributed by atoms with Gasteiger partial charge in [-0.2, -0.15) is 9.97 Å². The van der Waals surface area contributed by atoms with Gasteiger partial charge in [0, 0.05) is 62.5 Å². The largest absolute Gasteiger partial charge is 0.508 e.